The number of nitrogens with zero attached hydrogens (tertiary/aromatic N) is 3. The third-order valence-corrected chi connectivity index (χ3v) is 6.72. The Labute approximate surface area is 213 Å². The van der Waals surface area contributed by atoms with Gasteiger partial charge in [0, 0.05) is 16.5 Å². The van der Waals surface area contributed by atoms with Gasteiger partial charge in [0.2, 0.25) is 17.0 Å². The highest BCUT2D eigenvalue weighted by atomic mass is 35.5. The monoisotopic (exact) mass is 513 g/mol. The fourth-order valence-electron chi connectivity index (χ4n) is 3.84. The SMILES string of the molecule is CCCSc1nc2n(n1)C(c1ccc(OCc3ccc(Cl)cc3)c(OCC)c1)C(C(N)=O)=C(C)N2. The van der Waals surface area contributed by atoms with E-state index in [1.807, 2.05) is 56.3 Å². The second kappa shape index (κ2) is 11.0. The maximum atomic E-state index is 12.5. The minimum absolute atomic E-state index is 0.362. The zero-order valence-electron chi connectivity index (χ0n) is 19.9. The lowest BCUT2D eigenvalue weighted by molar-refractivity contribution is -0.115. The predicted octanol–water partition coefficient (Wildman–Crippen LogP) is 5.19. The minimum Gasteiger partial charge on any atom is -0.490 e. The van der Waals surface area contributed by atoms with Crippen molar-refractivity contribution in [2.75, 3.05) is 17.7 Å². The second-order valence-electron chi connectivity index (χ2n) is 8.00. The van der Waals surface area contributed by atoms with Crippen LogP contribution >= 0.6 is 23.4 Å². The van der Waals surface area contributed by atoms with Gasteiger partial charge in [0.05, 0.1) is 12.2 Å². The van der Waals surface area contributed by atoms with Crippen LogP contribution in [0.25, 0.3) is 0 Å². The number of hydrogen-bond acceptors (Lipinski definition) is 7. The molecule has 4 rings (SSSR count). The number of carbonyl (C=O) groups is 1. The van der Waals surface area contributed by atoms with E-state index in [9.17, 15) is 4.79 Å². The van der Waals surface area contributed by atoms with Crippen molar-refractivity contribution in [1.29, 1.82) is 0 Å². The first-order chi connectivity index (χ1) is 16.9. The second-order valence-corrected chi connectivity index (χ2v) is 9.49. The molecule has 0 spiro atoms. The first kappa shape index (κ1) is 24.9. The van der Waals surface area contributed by atoms with Crippen LogP contribution in [0.5, 0.6) is 11.5 Å². The predicted molar refractivity (Wildman–Crippen MR) is 138 cm³/mol. The summed E-state index contributed by atoms with van der Waals surface area (Å²) in [4.78, 5) is 17.1. The lowest BCUT2D eigenvalue weighted by atomic mass is 9.95. The molecule has 0 bridgehead atoms. The molecule has 0 radical (unpaired) electrons. The highest BCUT2D eigenvalue weighted by Gasteiger charge is 2.34. The minimum atomic E-state index is -0.545. The van der Waals surface area contributed by atoms with Gasteiger partial charge in [0.25, 0.3) is 0 Å². The number of fused-ring (bicyclic) bond motifs is 1. The number of carbonyl (C=O) groups excluding carboxylic acids is 1. The Morgan fingerprint density at radius 3 is 2.63 bits per heavy atom. The highest BCUT2D eigenvalue weighted by molar-refractivity contribution is 7.99. The molecule has 3 N–H and O–H groups in total. The number of thioether (sulfide) groups is 1. The summed E-state index contributed by atoms with van der Waals surface area (Å²) in [5.41, 5.74) is 8.66. The summed E-state index contributed by atoms with van der Waals surface area (Å²) < 4.78 is 13.7. The number of nitrogens with one attached hydrogen (secondary N) is 1. The van der Waals surface area contributed by atoms with Gasteiger partial charge in [-0.15, -0.1) is 5.10 Å². The Hall–Kier alpha value is -3.17. The van der Waals surface area contributed by atoms with E-state index in [-0.39, 0.29) is 0 Å². The van der Waals surface area contributed by atoms with Crippen molar-refractivity contribution < 1.29 is 14.3 Å². The Morgan fingerprint density at radius 1 is 1.17 bits per heavy atom. The third-order valence-electron chi connectivity index (χ3n) is 5.42. The largest absolute Gasteiger partial charge is 0.490 e. The van der Waals surface area contributed by atoms with Crippen molar-refractivity contribution in [3.8, 4) is 11.5 Å². The number of nitrogens with two attached hydrogens (primary N) is 1. The number of rotatable bonds is 10. The molecular weight excluding hydrogens is 486 g/mol. The fourth-order valence-corrected chi connectivity index (χ4v) is 4.65. The maximum Gasteiger partial charge on any atom is 0.248 e. The van der Waals surface area contributed by atoms with Crippen molar-refractivity contribution in [2.45, 2.75) is 45.0 Å². The van der Waals surface area contributed by atoms with Crippen LogP contribution in [-0.4, -0.2) is 33.0 Å². The van der Waals surface area contributed by atoms with Crippen LogP contribution in [0, 0.1) is 0 Å². The Morgan fingerprint density at radius 2 is 1.94 bits per heavy atom. The Bertz CT molecular complexity index is 1240. The number of primary amides is 1. The standard InChI is InChI=1S/C25H28ClN5O3S/c1-4-12-35-25-29-24-28-15(3)21(23(27)32)22(31(24)30-25)17-8-11-19(20(13-17)33-5-2)34-14-16-6-9-18(26)10-7-16/h6-11,13,22H,4-5,12,14H2,1-3H3,(H2,27,32)(H,28,29,30). The summed E-state index contributed by atoms with van der Waals surface area (Å²) in [6.07, 6.45) is 1.00. The molecule has 3 aromatic rings. The number of hydrogen-bond donors (Lipinski definition) is 2. The molecule has 1 aliphatic rings. The molecule has 0 fully saturated rings. The quantitative estimate of drug-likeness (QED) is 0.360. The normalized spacial score (nSPS) is 14.9. The van der Waals surface area contributed by atoms with Crippen LogP contribution < -0.4 is 20.5 Å². The van der Waals surface area contributed by atoms with E-state index >= 15 is 0 Å². The van der Waals surface area contributed by atoms with Gasteiger partial charge in [0.15, 0.2) is 11.5 Å². The van der Waals surface area contributed by atoms with Gasteiger partial charge in [-0.25, -0.2) is 4.68 Å². The van der Waals surface area contributed by atoms with Crippen LogP contribution in [0.15, 0.2) is 58.9 Å². The van der Waals surface area contributed by atoms with Crippen molar-refractivity contribution in [3.05, 3.63) is 69.9 Å². The van der Waals surface area contributed by atoms with Crippen LogP contribution in [0.1, 0.15) is 44.4 Å². The zero-order valence-corrected chi connectivity index (χ0v) is 21.4. The number of halogens is 1. The van der Waals surface area contributed by atoms with Gasteiger partial charge >= 0.3 is 0 Å². The fraction of sp³-hybridized carbons (Fsp3) is 0.320. The lowest BCUT2D eigenvalue weighted by Gasteiger charge is -2.28. The number of allylic oxidation sites excluding steroid dienone is 1. The molecule has 2 aromatic carbocycles. The average molecular weight is 514 g/mol. The summed E-state index contributed by atoms with van der Waals surface area (Å²) >= 11 is 7.55. The number of benzene rings is 2. The number of anilines is 1. The molecule has 1 amide bonds. The summed E-state index contributed by atoms with van der Waals surface area (Å²) in [5.74, 6) is 2.11. The van der Waals surface area contributed by atoms with E-state index in [2.05, 4.69) is 22.3 Å². The molecule has 8 nitrogen and oxygen atoms in total. The molecule has 184 valence electrons. The maximum absolute atomic E-state index is 12.5. The van der Waals surface area contributed by atoms with Crippen LogP contribution in [-0.2, 0) is 11.4 Å². The van der Waals surface area contributed by atoms with E-state index in [1.54, 1.807) is 16.4 Å². The first-order valence-electron chi connectivity index (χ1n) is 11.4. The van der Waals surface area contributed by atoms with E-state index in [4.69, 9.17) is 26.8 Å². The Balaban J connectivity index is 1.69. The van der Waals surface area contributed by atoms with Gasteiger partial charge in [-0.2, -0.15) is 4.98 Å². The average Bonchev–Trinajstić information content (AvgIpc) is 3.24. The van der Waals surface area contributed by atoms with Crippen LogP contribution in [0.2, 0.25) is 5.02 Å². The van der Waals surface area contributed by atoms with E-state index < -0.39 is 11.9 Å². The molecule has 10 heteroatoms. The lowest BCUT2D eigenvalue weighted by Crippen LogP contribution is -2.31. The molecule has 1 aromatic heterocycles. The number of aromatic nitrogens is 3. The molecule has 35 heavy (non-hydrogen) atoms. The molecule has 1 aliphatic heterocycles. The van der Waals surface area contributed by atoms with E-state index in [0.717, 1.165) is 23.3 Å². The van der Waals surface area contributed by atoms with Crippen LogP contribution in [0.3, 0.4) is 0 Å². The van der Waals surface area contributed by atoms with E-state index in [1.165, 1.54) is 0 Å². The molecule has 1 unspecified atom stereocenters. The van der Waals surface area contributed by atoms with E-state index in [0.29, 0.717) is 52.1 Å². The van der Waals surface area contributed by atoms with Gasteiger partial charge in [-0.1, -0.05) is 48.5 Å². The van der Waals surface area contributed by atoms with Gasteiger partial charge < -0.3 is 20.5 Å². The molecule has 2 heterocycles. The number of amides is 1. The molecular formula is C25H28ClN5O3S. The molecule has 0 saturated carbocycles. The summed E-state index contributed by atoms with van der Waals surface area (Å²) in [5, 5.41) is 9.16. The summed E-state index contributed by atoms with van der Waals surface area (Å²) in [7, 11) is 0. The Kier molecular flexibility index (Phi) is 7.87. The van der Waals surface area contributed by atoms with Crippen molar-refractivity contribution in [2.24, 2.45) is 5.73 Å². The van der Waals surface area contributed by atoms with Gasteiger partial charge in [0.1, 0.15) is 12.6 Å². The van der Waals surface area contributed by atoms with Gasteiger partial charge in [-0.05, 0) is 55.7 Å². The van der Waals surface area contributed by atoms with Crippen LogP contribution in [0.4, 0.5) is 5.95 Å². The topological polar surface area (TPSA) is 104 Å². The first-order valence-corrected chi connectivity index (χ1v) is 12.8. The third kappa shape index (κ3) is 5.57. The summed E-state index contributed by atoms with van der Waals surface area (Å²) in [6.45, 7) is 6.65. The summed E-state index contributed by atoms with van der Waals surface area (Å²) in [6, 6.07) is 12.6. The van der Waals surface area contributed by atoms with Gasteiger partial charge in [-0.3, -0.25) is 4.79 Å². The van der Waals surface area contributed by atoms with Crippen molar-refractivity contribution in [3.63, 3.8) is 0 Å². The van der Waals surface area contributed by atoms with Crippen molar-refractivity contribution in [1.82, 2.24) is 14.8 Å². The highest BCUT2D eigenvalue weighted by Crippen LogP contribution is 2.39. The number of ether oxygens (including phenoxy) is 2. The molecule has 0 saturated heterocycles. The molecule has 1 atom stereocenters. The smallest absolute Gasteiger partial charge is 0.248 e. The molecule has 0 aliphatic carbocycles. The van der Waals surface area contributed by atoms with Crippen molar-refractivity contribution >= 4 is 35.2 Å². The zero-order chi connectivity index (χ0) is 24.9.